The predicted octanol–water partition coefficient (Wildman–Crippen LogP) is 4.27. The zero-order valence-corrected chi connectivity index (χ0v) is 16.8. The molecule has 5 nitrogen and oxygen atoms in total. The van der Waals surface area contributed by atoms with Crippen LogP contribution < -0.4 is 5.32 Å². The summed E-state index contributed by atoms with van der Waals surface area (Å²) in [4.78, 5) is 27.5. The van der Waals surface area contributed by atoms with Gasteiger partial charge in [0.15, 0.2) is 0 Å². The molecule has 1 unspecified atom stereocenters. The van der Waals surface area contributed by atoms with E-state index in [1.54, 1.807) is 4.90 Å². The van der Waals surface area contributed by atoms with Gasteiger partial charge in [-0.1, -0.05) is 36.4 Å². The summed E-state index contributed by atoms with van der Waals surface area (Å²) >= 11 is 1.43. The monoisotopic (exact) mass is 386 g/mol. The third-order valence-corrected chi connectivity index (χ3v) is 5.42. The zero-order valence-electron chi connectivity index (χ0n) is 16.0. The lowest BCUT2D eigenvalue weighted by Crippen LogP contribution is -2.52. The number of ether oxygens (including phenoxy) is 1. The minimum Gasteiger partial charge on any atom is -0.444 e. The fourth-order valence-electron chi connectivity index (χ4n) is 3.30. The normalized spacial score (nSPS) is 20.2. The van der Waals surface area contributed by atoms with E-state index in [9.17, 15) is 9.59 Å². The third-order valence-electron chi connectivity index (χ3n) is 4.55. The Labute approximate surface area is 164 Å². The van der Waals surface area contributed by atoms with Crippen molar-refractivity contribution in [2.24, 2.45) is 0 Å². The van der Waals surface area contributed by atoms with Gasteiger partial charge in [-0.3, -0.25) is 4.79 Å². The van der Waals surface area contributed by atoms with Crippen LogP contribution in [0.4, 0.5) is 4.79 Å². The van der Waals surface area contributed by atoms with Crippen molar-refractivity contribution in [3.8, 4) is 0 Å². The summed E-state index contributed by atoms with van der Waals surface area (Å²) in [5, 5.41) is 5.07. The van der Waals surface area contributed by atoms with Gasteiger partial charge in [0.25, 0.3) is 5.91 Å². The Kier molecular flexibility index (Phi) is 5.85. The van der Waals surface area contributed by atoms with Crippen LogP contribution in [0.3, 0.4) is 0 Å². The number of hydrogen-bond donors (Lipinski definition) is 1. The van der Waals surface area contributed by atoms with Crippen LogP contribution >= 0.6 is 11.3 Å². The summed E-state index contributed by atoms with van der Waals surface area (Å²) in [5.74, 6) is -0.0296. The molecule has 0 saturated carbocycles. The van der Waals surface area contributed by atoms with Crippen LogP contribution in [0, 0.1) is 0 Å². The van der Waals surface area contributed by atoms with Crippen molar-refractivity contribution in [1.29, 1.82) is 0 Å². The molecule has 2 heterocycles. The van der Waals surface area contributed by atoms with E-state index >= 15 is 0 Å². The molecule has 1 fully saturated rings. The molecule has 1 aromatic heterocycles. The van der Waals surface area contributed by atoms with Crippen LogP contribution in [-0.4, -0.2) is 41.6 Å². The summed E-state index contributed by atoms with van der Waals surface area (Å²) < 4.78 is 5.54. The van der Waals surface area contributed by atoms with E-state index in [2.05, 4.69) is 5.32 Å². The topological polar surface area (TPSA) is 58.6 Å². The summed E-state index contributed by atoms with van der Waals surface area (Å²) in [5.41, 5.74) is 0.589. The summed E-state index contributed by atoms with van der Waals surface area (Å²) in [6.07, 6.45) is 0.391. The third kappa shape index (κ3) is 5.10. The number of nitrogens with one attached hydrogen (secondary N) is 1. The van der Waals surface area contributed by atoms with Gasteiger partial charge in [0, 0.05) is 25.0 Å². The van der Waals surface area contributed by atoms with Gasteiger partial charge >= 0.3 is 6.09 Å². The molecule has 2 atom stereocenters. The second-order valence-electron chi connectivity index (χ2n) is 7.79. The Bertz CT molecular complexity index is 768. The molecule has 1 aliphatic rings. The first-order chi connectivity index (χ1) is 12.8. The summed E-state index contributed by atoms with van der Waals surface area (Å²) in [7, 11) is 0. The standard InChI is InChI=1S/C21H26N2O3S/c1-21(2,3)26-20(25)23-12-11-17(22-19(24)18-10-7-13-27-18)16(14-23)15-8-5-4-6-9-15/h4-10,13,16-17H,11-12,14H2,1-3H3,(H,22,24)/t16-,17?/m0/s1. The number of piperidine rings is 1. The van der Waals surface area contributed by atoms with Crippen molar-refractivity contribution >= 4 is 23.3 Å². The maximum atomic E-state index is 12.5. The highest BCUT2D eigenvalue weighted by Gasteiger charge is 2.35. The number of nitrogens with zero attached hydrogens (tertiary/aromatic N) is 1. The Morgan fingerprint density at radius 1 is 1.15 bits per heavy atom. The van der Waals surface area contributed by atoms with Crippen LogP contribution in [0.25, 0.3) is 0 Å². The van der Waals surface area contributed by atoms with Gasteiger partial charge in [0.05, 0.1) is 4.88 Å². The van der Waals surface area contributed by atoms with E-state index in [1.807, 2.05) is 68.6 Å². The smallest absolute Gasteiger partial charge is 0.410 e. The number of carbonyl (C=O) groups is 2. The van der Waals surface area contributed by atoms with E-state index in [0.717, 1.165) is 5.56 Å². The molecule has 1 aliphatic heterocycles. The van der Waals surface area contributed by atoms with Crippen LogP contribution in [0.1, 0.15) is 48.3 Å². The van der Waals surface area contributed by atoms with Gasteiger partial charge in [0.1, 0.15) is 5.60 Å². The molecule has 27 heavy (non-hydrogen) atoms. The molecule has 1 saturated heterocycles. The number of likely N-dealkylation sites (tertiary alicyclic amines) is 1. The van der Waals surface area contributed by atoms with Crippen LogP contribution in [0.5, 0.6) is 0 Å². The zero-order chi connectivity index (χ0) is 19.4. The first kappa shape index (κ1) is 19.4. The van der Waals surface area contributed by atoms with E-state index in [-0.39, 0.29) is 24.0 Å². The summed E-state index contributed by atoms with van der Waals surface area (Å²) in [6.45, 7) is 6.69. The lowest BCUT2D eigenvalue weighted by atomic mass is 9.86. The minimum atomic E-state index is -0.524. The molecular weight excluding hydrogens is 360 g/mol. The molecule has 3 rings (SSSR count). The number of thiophene rings is 1. The lowest BCUT2D eigenvalue weighted by molar-refractivity contribution is 0.0177. The van der Waals surface area contributed by atoms with Crippen molar-refractivity contribution in [3.63, 3.8) is 0 Å². The minimum absolute atomic E-state index is 0.0244. The molecule has 1 aromatic carbocycles. The van der Waals surface area contributed by atoms with Crippen molar-refractivity contribution in [3.05, 3.63) is 58.3 Å². The molecular formula is C21H26N2O3S. The predicted molar refractivity (Wildman–Crippen MR) is 107 cm³/mol. The van der Waals surface area contributed by atoms with Gasteiger partial charge in [-0.05, 0) is 44.2 Å². The van der Waals surface area contributed by atoms with E-state index in [4.69, 9.17) is 4.74 Å². The second kappa shape index (κ2) is 8.13. The number of rotatable bonds is 3. The fourth-order valence-corrected chi connectivity index (χ4v) is 3.93. The van der Waals surface area contributed by atoms with Crippen molar-refractivity contribution in [2.45, 2.75) is 44.8 Å². The Morgan fingerprint density at radius 2 is 1.89 bits per heavy atom. The average Bonchev–Trinajstić information content (AvgIpc) is 3.16. The molecule has 0 aliphatic carbocycles. The molecule has 2 aromatic rings. The second-order valence-corrected chi connectivity index (χ2v) is 8.74. The van der Waals surface area contributed by atoms with Gasteiger partial charge in [-0.15, -0.1) is 11.3 Å². The van der Waals surface area contributed by atoms with E-state index < -0.39 is 5.60 Å². The Hall–Kier alpha value is -2.34. The molecule has 0 spiro atoms. The van der Waals surface area contributed by atoms with Crippen molar-refractivity contribution in [2.75, 3.05) is 13.1 Å². The molecule has 0 bridgehead atoms. The number of amides is 2. The highest BCUT2D eigenvalue weighted by molar-refractivity contribution is 7.12. The van der Waals surface area contributed by atoms with Crippen molar-refractivity contribution < 1.29 is 14.3 Å². The average molecular weight is 387 g/mol. The fraction of sp³-hybridized carbons (Fsp3) is 0.429. The number of hydrogen-bond acceptors (Lipinski definition) is 4. The van der Waals surface area contributed by atoms with Gasteiger partial charge < -0.3 is 15.0 Å². The van der Waals surface area contributed by atoms with Gasteiger partial charge in [0.2, 0.25) is 0 Å². The molecule has 0 radical (unpaired) electrons. The van der Waals surface area contributed by atoms with E-state index in [1.165, 1.54) is 11.3 Å². The maximum Gasteiger partial charge on any atom is 0.410 e. The SMILES string of the molecule is CC(C)(C)OC(=O)N1CCC(NC(=O)c2cccs2)[C@H](c2ccccc2)C1. The molecule has 1 N–H and O–H groups in total. The largest absolute Gasteiger partial charge is 0.444 e. The molecule has 144 valence electrons. The van der Waals surface area contributed by atoms with Crippen LogP contribution in [0.15, 0.2) is 47.8 Å². The van der Waals surface area contributed by atoms with Crippen molar-refractivity contribution in [1.82, 2.24) is 10.2 Å². The highest BCUT2D eigenvalue weighted by Crippen LogP contribution is 2.29. The quantitative estimate of drug-likeness (QED) is 0.857. The lowest BCUT2D eigenvalue weighted by Gasteiger charge is -2.39. The van der Waals surface area contributed by atoms with Crippen LogP contribution in [-0.2, 0) is 4.74 Å². The molecule has 6 heteroatoms. The number of carbonyl (C=O) groups excluding carboxylic acids is 2. The first-order valence-electron chi connectivity index (χ1n) is 9.21. The van der Waals surface area contributed by atoms with Crippen LogP contribution in [0.2, 0.25) is 0 Å². The number of benzene rings is 1. The van der Waals surface area contributed by atoms with Gasteiger partial charge in [-0.2, -0.15) is 0 Å². The van der Waals surface area contributed by atoms with Gasteiger partial charge in [-0.25, -0.2) is 4.79 Å². The summed E-state index contributed by atoms with van der Waals surface area (Å²) in [6, 6.07) is 13.7. The first-order valence-corrected chi connectivity index (χ1v) is 10.1. The Balaban J connectivity index is 1.76. The maximum absolute atomic E-state index is 12.5. The Morgan fingerprint density at radius 3 is 2.52 bits per heavy atom. The van der Waals surface area contributed by atoms with E-state index in [0.29, 0.717) is 24.4 Å². The molecule has 2 amide bonds. The highest BCUT2D eigenvalue weighted by atomic mass is 32.1.